The van der Waals surface area contributed by atoms with Gasteiger partial charge in [0.15, 0.2) is 0 Å². The first-order valence-corrected chi connectivity index (χ1v) is 8.77. The zero-order valence-electron chi connectivity index (χ0n) is 14.5. The zero-order chi connectivity index (χ0) is 17.6. The third-order valence-electron chi connectivity index (χ3n) is 5.03. The maximum atomic E-state index is 12.7. The summed E-state index contributed by atoms with van der Waals surface area (Å²) in [4.78, 5) is 30.4. The van der Waals surface area contributed by atoms with E-state index < -0.39 is 0 Å². The van der Waals surface area contributed by atoms with Gasteiger partial charge in [0.05, 0.1) is 6.20 Å². The van der Waals surface area contributed by atoms with Crippen molar-refractivity contribution < 1.29 is 4.79 Å². The van der Waals surface area contributed by atoms with Crippen molar-refractivity contribution in [2.24, 2.45) is 11.8 Å². The lowest BCUT2D eigenvalue weighted by molar-refractivity contribution is -0.134. The molecule has 3 heterocycles. The maximum absolute atomic E-state index is 12.7. The molecule has 25 heavy (non-hydrogen) atoms. The molecular weight excluding hydrogens is 316 g/mol. The zero-order valence-corrected chi connectivity index (χ0v) is 14.5. The van der Waals surface area contributed by atoms with Gasteiger partial charge in [-0.05, 0) is 24.3 Å². The third kappa shape index (κ3) is 2.81. The first kappa shape index (κ1) is 15.9. The Morgan fingerprint density at radius 3 is 2.68 bits per heavy atom. The Bertz CT molecular complexity index is 993. The van der Waals surface area contributed by atoms with Crippen molar-refractivity contribution in [2.45, 2.75) is 26.8 Å². The molecule has 1 fully saturated rings. The summed E-state index contributed by atoms with van der Waals surface area (Å²) in [7, 11) is 0. The van der Waals surface area contributed by atoms with E-state index in [1.54, 1.807) is 6.20 Å². The number of rotatable bonds is 2. The van der Waals surface area contributed by atoms with E-state index >= 15 is 0 Å². The number of carbonyl (C=O) groups is 1. The molecule has 2 atom stereocenters. The van der Waals surface area contributed by atoms with Gasteiger partial charge in [-0.2, -0.15) is 5.10 Å². The van der Waals surface area contributed by atoms with Gasteiger partial charge < -0.3 is 9.88 Å². The second-order valence-electron chi connectivity index (χ2n) is 7.31. The summed E-state index contributed by atoms with van der Waals surface area (Å²) in [6.07, 6.45) is 2.81. The highest BCUT2D eigenvalue weighted by atomic mass is 16.2. The fourth-order valence-corrected chi connectivity index (χ4v) is 3.98. The topological polar surface area (TPSA) is 71.0 Å². The van der Waals surface area contributed by atoms with Crippen molar-refractivity contribution in [1.29, 1.82) is 0 Å². The third-order valence-corrected chi connectivity index (χ3v) is 5.03. The van der Waals surface area contributed by atoms with Crippen LogP contribution in [0.1, 0.15) is 20.3 Å². The number of H-pyrrole nitrogens is 1. The first-order valence-electron chi connectivity index (χ1n) is 8.77. The van der Waals surface area contributed by atoms with Gasteiger partial charge in [-0.3, -0.25) is 9.59 Å². The number of piperidine rings is 1. The lowest BCUT2D eigenvalue weighted by atomic mass is 9.92. The summed E-state index contributed by atoms with van der Waals surface area (Å²) in [5.41, 5.74) is 1.16. The van der Waals surface area contributed by atoms with Crippen LogP contribution in [-0.4, -0.2) is 38.7 Å². The average molecular weight is 338 g/mol. The van der Waals surface area contributed by atoms with Crippen molar-refractivity contribution in [3.63, 3.8) is 0 Å². The quantitative estimate of drug-likeness (QED) is 0.780. The number of nitrogens with zero attached hydrogens (tertiary/aromatic N) is 3. The second-order valence-corrected chi connectivity index (χ2v) is 7.31. The van der Waals surface area contributed by atoms with E-state index in [-0.39, 0.29) is 18.0 Å². The summed E-state index contributed by atoms with van der Waals surface area (Å²) in [5.74, 6) is 0.950. The van der Waals surface area contributed by atoms with Crippen LogP contribution in [0.3, 0.4) is 0 Å². The molecule has 1 N–H and O–H groups in total. The standard InChI is InChI=1S/C19H22N4O2/c1-12-7-13(2)10-22(9-12)17(24)11-23-19(25)18-15(8-20-23)14-5-3-4-6-16(14)21-18/h3-6,8,12-13,21H,7,9-11H2,1-2H3/t12-,13+. The molecule has 0 unspecified atom stereocenters. The molecule has 6 nitrogen and oxygen atoms in total. The number of likely N-dealkylation sites (tertiary alicyclic amines) is 1. The number of nitrogens with one attached hydrogen (secondary N) is 1. The second kappa shape index (κ2) is 6.02. The highest BCUT2D eigenvalue weighted by Crippen LogP contribution is 2.22. The van der Waals surface area contributed by atoms with Crippen molar-refractivity contribution >= 4 is 27.7 Å². The molecule has 4 rings (SSSR count). The molecule has 1 aliphatic heterocycles. The van der Waals surface area contributed by atoms with Gasteiger partial charge in [0.2, 0.25) is 5.91 Å². The minimum Gasteiger partial charge on any atom is -0.350 e. The fraction of sp³-hybridized carbons (Fsp3) is 0.421. The molecule has 0 radical (unpaired) electrons. The van der Waals surface area contributed by atoms with Gasteiger partial charge in [-0.1, -0.05) is 32.0 Å². The van der Waals surface area contributed by atoms with Crippen LogP contribution in [0.5, 0.6) is 0 Å². The smallest absolute Gasteiger partial charge is 0.291 e. The molecule has 1 amide bonds. The fourth-order valence-electron chi connectivity index (χ4n) is 3.98. The van der Waals surface area contributed by atoms with Crippen LogP contribution in [0.25, 0.3) is 21.8 Å². The molecule has 0 bridgehead atoms. The van der Waals surface area contributed by atoms with Crippen molar-refractivity contribution in [3.05, 3.63) is 40.8 Å². The van der Waals surface area contributed by atoms with E-state index in [2.05, 4.69) is 23.9 Å². The summed E-state index contributed by atoms with van der Waals surface area (Å²) >= 11 is 0. The predicted octanol–water partition coefficient (Wildman–Crippen LogP) is 2.38. The van der Waals surface area contributed by atoms with Gasteiger partial charge in [0, 0.05) is 29.4 Å². The van der Waals surface area contributed by atoms with Crippen LogP contribution in [0.15, 0.2) is 35.3 Å². The first-order chi connectivity index (χ1) is 12.0. The number of fused-ring (bicyclic) bond motifs is 3. The maximum Gasteiger partial charge on any atom is 0.291 e. The Kier molecular flexibility index (Phi) is 3.82. The highest BCUT2D eigenvalue weighted by molar-refractivity contribution is 6.06. The predicted molar refractivity (Wildman–Crippen MR) is 97.4 cm³/mol. The van der Waals surface area contributed by atoms with E-state index in [0.717, 1.165) is 35.8 Å². The molecule has 1 saturated heterocycles. The summed E-state index contributed by atoms with van der Waals surface area (Å²) in [5, 5.41) is 6.01. The Morgan fingerprint density at radius 2 is 1.92 bits per heavy atom. The number of hydrogen-bond acceptors (Lipinski definition) is 3. The lowest BCUT2D eigenvalue weighted by Crippen LogP contribution is -2.45. The molecule has 2 aromatic heterocycles. The molecule has 3 aromatic rings. The van der Waals surface area contributed by atoms with Crippen molar-refractivity contribution in [3.8, 4) is 0 Å². The van der Waals surface area contributed by atoms with Crippen molar-refractivity contribution in [1.82, 2.24) is 19.7 Å². The number of hydrogen-bond donors (Lipinski definition) is 1. The molecule has 130 valence electrons. The van der Waals surface area contributed by atoms with Crippen LogP contribution < -0.4 is 5.56 Å². The molecule has 1 aromatic carbocycles. The molecule has 0 spiro atoms. The minimum absolute atomic E-state index is 0.0103. The van der Waals surface area contributed by atoms with E-state index in [4.69, 9.17) is 0 Å². The summed E-state index contributed by atoms with van der Waals surface area (Å²) in [6, 6.07) is 7.75. The number of para-hydroxylation sites is 1. The minimum atomic E-state index is -0.250. The number of aromatic amines is 1. The van der Waals surface area contributed by atoms with Gasteiger partial charge in [-0.25, -0.2) is 4.68 Å². The lowest BCUT2D eigenvalue weighted by Gasteiger charge is -2.35. The Morgan fingerprint density at radius 1 is 1.20 bits per heavy atom. The Hall–Kier alpha value is -2.63. The van der Waals surface area contributed by atoms with Gasteiger partial charge in [0.25, 0.3) is 5.56 Å². The van der Waals surface area contributed by atoms with Crippen LogP contribution in [-0.2, 0) is 11.3 Å². The van der Waals surface area contributed by atoms with Gasteiger partial charge >= 0.3 is 0 Å². The highest BCUT2D eigenvalue weighted by Gasteiger charge is 2.26. The van der Waals surface area contributed by atoms with Crippen LogP contribution >= 0.6 is 0 Å². The van der Waals surface area contributed by atoms with E-state index in [9.17, 15) is 9.59 Å². The van der Waals surface area contributed by atoms with E-state index in [1.165, 1.54) is 4.68 Å². The number of carbonyl (C=O) groups excluding carboxylic acids is 1. The van der Waals surface area contributed by atoms with Crippen LogP contribution in [0.2, 0.25) is 0 Å². The average Bonchev–Trinajstić information content (AvgIpc) is 2.96. The van der Waals surface area contributed by atoms with Crippen molar-refractivity contribution in [2.75, 3.05) is 13.1 Å². The normalized spacial score (nSPS) is 21.1. The van der Waals surface area contributed by atoms with Crippen LogP contribution in [0, 0.1) is 11.8 Å². The Balaban J connectivity index is 1.65. The molecule has 0 saturated carbocycles. The largest absolute Gasteiger partial charge is 0.350 e. The van der Waals surface area contributed by atoms with Gasteiger partial charge in [-0.15, -0.1) is 0 Å². The SMILES string of the molecule is C[C@@H]1C[C@H](C)CN(C(=O)Cn2ncc3c([nH]c4ccccc43)c2=O)C1. The number of amides is 1. The van der Waals surface area contributed by atoms with Gasteiger partial charge in [0.1, 0.15) is 12.1 Å². The molecular formula is C19H22N4O2. The van der Waals surface area contributed by atoms with E-state index in [0.29, 0.717) is 17.4 Å². The van der Waals surface area contributed by atoms with Crippen LogP contribution in [0.4, 0.5) is 0 Å². The van der Waals surface area contributed by atoms with E-state index in [1.807, 2.05) is 29.2 Å². The summed E-state index contributed by atoms with van der Waals surface area (Å²) < 4.78 is 1.27. The molecule has 0 aliphatic carbocycles. The molecule has 1 aliphatic rings. The summed E-state index contributed by atoms with van der Waals surface area (Å²) in [6.45, 7) is 5.83. The Labute approximate surface area is 145 Å². The number of benzene rings is 1. The number of aromatic nitrogens is 3. The monoisotopic (exact) mass is 338 g/mol. The molecule has 6 heteroatoms.